The maximum Gasteiger partial charge on any atom is 0.173 e. The van der Waals surface area contributed by atoms with Gasteiger partial charge in [0.25, 0.3) is 0 Å². The number of nitrogens with one attached hydrogen (secondary N) is 1. The Kier molecular flexibility index (Phi) is 9.40. The van der Waals surface area contributed by atoms with Crippen LogP contribution in [0.2, 0.25) is 0 Å². The van der Waals surface area contributed by atoms with Gasteiger partial charge in [0, 0.05) is 38.8 Å². The van der Waals surface area contributed by atoms with Crippen molar-refractivity contribution in [2.75, 3.05) is 66.0 Å². The van der Waals surface area contributed by atoms with Gasteiger partial charge in [-0.3, -0.25) is 4.90 Å². The minimum atomic E-state index is 0.659. The van der Waals surface area contributed by atoms with Crippen molar-refractivity contribution in [1.29, 1.82) is 0 Å². The van der Waals surface area contributed by atoms with Gasteiger partial charge in [-0.25, -0.2) is 0 Å². The van der Waals surface area contributed by atoms with Crippen LogP contribution in [0.25, 0.3) is 0 Å². The largest absolute Gasteiger partial charge is 0.497 e. The molecule has 7 nitrogen and oxygen atoms in total. The van der Waals surface area contributed by atoms with Gasteiger partial charge in [-0.2, -0.15) is 0 Å². The maximum absolute atomic E-state index is 5.81. The van der Waals surface area contributed by atoms with Crippen LogP contribution in [0, 0.1) is 0 Å². The highest BCUT2D eigenvalue weighted by Gasteiger charge is 2.15. The Morgan fingerprint density at radius 1 is 1.00 bits per heavy atom. The van der Waals surface area contributed by atoms with Crippen molar-refractivity contribution in [3.05, 3.63) is 48.0 Å². The number of nitrogens with zero attached hydrogens (tertiary/aromatic N) is 2. The number of methoxy groups -OCH3 is 3. The predicted octanol–water partition coefficient (Wildman–Crippen LogP) is 3.63. The summed E-state index contributed by atoms with van der Waals surface area (Å²) >= 11 is 5.81. The Balaban J connectivity index is 1.68. The van der Waals surface area contributed by atoms with E-state index in [2.05, 4.69) is 27.2 Å². The van der Waals surface area contributed by atoms with Crippen molar-refractivity contribution in [2.24, 2.45) is 0 Å². The maximum atomic E-state index is 5.81. The molecule has 1 fully saturated rings. The summed E-state index contributed by atoms with van der Waals surface area (Å²) in [5, 5.41) is 4.02. The molecule has 2 aromatic rings. The molecule has 1 aliphatic heterocycles. The van der Waals surface area contributed by atoms with Gasteiger partial charge in [0.15, 0.2) is 5.11 Å². The molecular weight excluding hydrogens is 426 g/mol. The molecule has 174 valence electrons. The monoisotopic (exact) mass is 459 g/mol. The first-order valence-electron chi connectivity index (χ1n) is 10.8. The van der Waals surface area contributed by atoms with E-state index in [0.29, 0.717) is 17.4 Å². The zero-order valence-corrected chi connectivity index (χ0v) is 20.0. The number of thiocarbonyl (C=S) groups is 1. The average Bonchev–Trinajstić information content (AvgIpc) is 2.84. The molecule has 0 atom stereocenters. The molecule has 1 N–H and O–H groups in total. The van der Waals surface area contributed by atoms with Crippen molar-refractivity contribution in [3.8, 4) is 17.2 Å². The number of benzene rings is 2. The summed E-state index contributed by atoms with van der Waals surface area (Å²) in [4.78, 5) is 4.64. The molecule has 0 radical (unpaired) electrons. The minimum Gasteiger partial charge on any atom is -0.497 e. The average molecular weight is 460 g/mol. The van der Waals surface area contributed by atoms with Gasteiger partial charge in [-0.05, 0) is 48.5 Å². The molecule has 0 aliphatic carbocycles. The highest BCUT2D eigenvalue weighted by molar-refractivity contribution is 7.80. The van der Waals surface area contributed by atoms with E-state index in [1.807, 2.05) is 30.3 Å². The van der Waals surface area contributed by atoms with E-state index in [9.17, 15) is 0 Å². The predicted molar refractivity (Wildman–Crippen MR) is 131 cm³/mol. The van der Waals surface area contributed by atoms with Crippen LogP contribution in [-0.4, -0.2) is 75.6 Å². The normalized spacial score (nSPS) is 14.0. The van der Waals surface area contributed by atoms with Crippen LogP contribution in [0.4, 0.5) is 5.69 Å². The second-order valence-electron chi connectivity index (χ2n) is 7.57. The smallest absolute Gasteiger partial charge is 0.173 e. The van der Waals surface area contributed by atoms with Gasteiger partial charge < -0.3 is 29.2 Å². The highest BCUT2D eigenvalue weighted by Crippen LogP contribution is 2.29. The lowest BCUT2D eigenvalue weighted by Gasteiger charge is -2.30. The lowest BCUT2D eigenvalue weighted by molar-refractivity contribution is 0.0368. The fourth-order valence-corrected chi connectivity index (χ4v) is 3.88. The van der Waals surface area contributed by atoms with Crippen LogP contribution in [-0.2, 0) is 11.3 Å². The zero-order chi connectivity index (χ0) is 22.8. The SMILES string of the molecule is COc1ccc(CN(CCCN2CCOCC2)C(=S)Nc2ccc(OC)cc2OC)cc1. The van der Waals surface area contributed by atoms with Gasteiger partial charge >= 0.3 is 0 Å². The van der Waals surface area contributed by atoms with Crippen LogP contribution in [0.5, 0.6) is 17.2 Å². The second-order valence-corrected chi connectivity index (χ2v) is 7.96. The van der Waals surface area contributed by atoms with Gasteiger partial charge in [-0.1, -0.05) is 12.1 Å². The molecule has 0 spiro atoms. The topological polar surface area (TPSA) is 55.4 Å². The molecule has 0 bridgehead atoms. The quantitative estimate of drug-likeness (QED) is 0.541. The Bertz CT molecular complexity index is 857. The molecule has 0 aromatic heterocycles. The van der Waals surface area contributed by atoms with Gasteiger partial charge in [0.1, 0.15) is 17.2 Å². The van der Waals surface area contributed by atoms with Crippen LogP contribution in [0.1, 0.15) is 12.0 Å². The van der Waals surface area contributed by atoms with Crippen LogP contribution < -0.4 is 19.5 Å². The molecule has 2 aromatic carbocycles. The van der Waals surface area contributed by atoms with Crippen molar-refractivity contribution in [3.63, 3.8) is 0 Å². The van der Waals surface area contributed by atoms with Gasteiger partial charge in [-0.15, -0.1) is 0 Å². The van der Waals surface area contributed by atoms with E-state index < -0.39 is 0 Å². The van der Waals surface area contributed by atoms with Gasteiger partial charge in [0.05, 0.1) is 40.2 Å². The first-order chi connectivity index (χ1) is 15.6. The van der Waals surface area contributed by atoms with E-state index in [1.54, 1.807) is 21.3 Å². The molecule has 3 rings (SSSR count). The van der Waals surface area contributed by atoms with Crippen molar-refractivity contribution < 1.29 is 18.9 Å². The summed E-state index contributed by atoms with van der Waals surface area (Å²) in [5.74, 6) is 2.26. The molecule has 32 heavy (non-hydrogen) atoms. The van der Waals surface area contributed by atoms with E-state index in [-0.39, 0.29) is 0 Å². The number of rotatable bonds is 10. The summed E-state index contributed by atoms with van der Waals surface area (Å²) in [6.07, 6.45) is 1.01. The number of anilines is 1. The summed E-state index contributed by atoms with van der Waals surface area (Å²) in [5.41, 5.74) is 1.98. The number of hydrogen-bond donors (Lipinski definition) is 1. The zero-order valence-electron chi connectivity index (χ0n) is 19.1. The fraction of sp³-hybridized carbons (Fsp3) is 0.458. The Labute approximate surface area is 196 Å². The van der Waals surface area contributed by atoms with Crippen LogP contribution in [0.15, 0.2) is 42.5 Å². The lowest BCUT2D eigenvalue weighted by atomic mass is 10.2. The molecule has 0 unspecified atom stereocenters. The van der Waals surface area contributed by atoms with E-state index in [4.69, 9.17) is 31.2 Å². The number of hydrogen-bond acceptors (Lipinski definition) is 6. The van der Waals surface area contributed by atoms with E-state index in [0.717, 1.165) is 63.0 Å². The second kappa shape index (κ2) is 12.5. The molecule has 1 heterocycles. The van der Waals surface area contributed by atoms with Gasteiger partial charge in [0.2, 0.25) is 0 Å². The standard InChI is InChI=1S/C24H33N3O4S/c1-28-20-7-5-19(6-8-20)18-27(12-4-11-26-13-15-31-16-14-26)24(32)25-22-10-9-21(29-2)17-23(22)30-3/h5-10,17H,4,11-16,18H2,1-3H3,(H,25,32). The molecule has 0 amide bonds. The number of morpholine rings is 1. The van der Waals surface area contributed by atoms with Crippen LogP contribution in [0.3, 0.4) is 0 Å². The fourth-order valence-electron chi connectivity index (χ4n) is 3.61. The lowest BCUT2D eigenvalue weighted by Crippen LogP contribution is -2.40. The third-order valence-electron chi connectivity index (χ3n) is 5.48. The Morgan fingerprint density at radius 3 is 2.34 bits per heavy atom. The third kappa shape index (κ3) is 6.98. The van der Waals surface area contributed by atoms with Crippen LogP contribution >= 0.6 is 12.2 Å². The summed E-state index contributed by atoms with van der Waals surface area (Å²) in [7, 11) is 4.95. The highest BCUT2D eigenvalue weighted by atomic mass is 32.1. The molecule has 0 saturated carbocycles. The molecule has 8 heteroatoms. The van der Waals surface area contributed by atoms with E-state index >= 15 is 0 Å². The summed E-state index contributed by atoms with van der Waals surface area (Å²) in [6.45, 7) is 6.18. The first-order valence-corrected chi connectivity index (χ1v) is 11.2. The molecule has 1 aliphatic rings. The molecule has 1 saturated heterocycles. The minimum absolute atomic E-state index is 0.659. The summed E-state index contributed by atoms with van der Waals surface area (Å²) < 4.78 is 21.6. The third-order valence-corrected chi connectivity index (χ3v) is 5.84. The Hall–Kier alpha value is -2.55. The first kappa shape index (κ1) is 24.1. The molecular formula is C24H33N3O4S. The van der Waals surface area contributed by atoms with Crippen molar-refractivity contribution in [2.45, 2.75) is 13.0 Å². The number of ether oxygens (including phenoxy) is 4. The Morgan fingerprint density at radius 2 is 1.69 bits per heavy atom. The van der Waals surface area contributed by atoms with Crippen molar-refractivity contribution in [1.82, 2.24) is 9.80 Å². The van der Waals surface area contributed by atoms with E-state index in [1.165, 1.54) is 5.56 Å². The summed E-state index contributed by atoms with van der Waals surface area (Å²) in [6, 6.07) is 13.8. The van der Waals surface area contributed by atoms with Crippen molar-refractivity contribution >= 4 is 23.0 Å².